The number of pyridine rings is 2. The first-order chi connectivity index (χ1) is 16.2. The Hall–Kier alpha value is -4.38. The normalized spacial score (nSPS) is 11.8. The molecule has 0 amide bonds. The Morgan fingerprint density at radius 3 is 2.42 bits per heavy atom. The number of phenols is 1. The van der Waals surface area contributed by atoms with Crippen LogP contribution in [0.15, 0.2) is 103 Å². The third-order valence-corrected chi connectivity index (χ3v) is 5.44. The highest BCUT2D eigenvalue weighted by atomic mass is 16.5. The number of aromatic hydroxyl groups is 1. The summed E-state index contributed by atoms with van der Waals surface area (Å²) < 4.78 is 6.05. The van der Waals surface area contributed by atoms with Gasteiger partial charge in [0, 0.05) is 22.8 Å². The predicted molar refractivity (Wildman–Crippen MR) is 131 cm³/mol. The topological polar surface area (TPSA) is 67.3 Å². The van der Waals surface area contributed by atoms with Crippen LogP contribution in [0.25, 0.3) is 10.9 Å². The Balaban J connectivity index is 1.59. The van der Waals surface area contributed by atoms with Crippen molar-refractivity contribution in [3.05, 3.63) is 120 Å². The van der Waals surface area contributed by atoms with Gasteiger partial charge in [0.15, 0.2) is 0 Å². The molecule has 162 valence electrons. The molecule has 3 aromatic carbocycles. The van der Waals surface area contributed by atoms with E-state index in [0.717, 1.165) is 22.4 Å². The summed E-state index contributed by atoms with van der Waals surface area (Å²) in [7, 11) is 0. The van der Waals surface area contributed by atoms with Crippen LogP contribution in [0.4, 0.5) is 5.82 Å². The molecular formula is C28H23N3O2. The standard InChI is InChI=1S/C28H23N3O2/c1-19-13-14-20-15-16-24(28(32)27(20)30-19)26(31-25-12-5-6-17-29-25)21-8-7-11-23(18-21)33-22-9-3-2-4-10-22/h2-18,26,32H,1H3,(H,29,31)/t26-/m1/s1. The monoisotopic (exact) mass is 433 g/mol. The Morgan fingerprint density at radius 2 is 1.61 bits per heavy atom. The molecule has 2 heterocycles. The fraction of sp³-hybridized carbons (Fsp3) is 0.0714. The van der Waals surface area contributed by atoms with E-state index in [9.17, 15) is 5.11 Å². The number of aromatic nitrogens is 2. The van der Waals surface area contributed by atoms with Crippen molar-refractivity contribution in [2.24, 2.45) is 0 Å². The maximum Gasteiger partial charge on any atom is 0.147 e. The van der Waals surface area contributed by atoms with Crippen LogP contribution >= 0.6 is 0 Å². The van der Waals surface area contributed by atoms with Crippen molar-refractivity contribution in [1.29, 1.82) is 0 Å². The molecule has 0 unspecified atom stereocenters. The number of rotatable bonds is 6. The number of ether oxygens (including phenoxy) is 1. The van der Waals surface area contributed by atoms with Gasteiger partial charge in [0.2, 0.25) is 0 Å². The van der Waals surface area contributed by atoms with Crippen molar-refractivity contribution in [2.75, 3.05) is 5.32 Å². The number of benzene rings is 3. The predicted octanol–water partition coefficient (Wildman–Crippen LogP) is 6.64. The van der Waals surface area contributed by atoms with Crippen LogP contribution in [0.1, 0.15) is 22.9 Å². The summed E-state index contributed by atoms with van der Waals surface area (Å²) >= 11 is 0. The summed E-state index contributed by atoms with van der Waals surface area (Å²) in [6.07, 6.45) is 1.74. The fourth-order valence-electron chi connectivity index (χ4n) is 3.84. The van der Waals surface area contributed by atoms with E-state index in [4.69, 9.17) is 4.74 Å². The molecule has 5 rings (SSSR count). The molecule has 0 aliphatic rings. The van der Waals surface area contributed by atoms with Crippen LogP contribution in [0.5, 0.6) is 17.2 Å². The Kier molecular flexibility index (Phi) is 5.60. The van der Waals surface area contributed by atoms with Crippen molar-refractivity contribution >= 4 is 16.7 Å². The van der Waals surface area contributed by atoms with Gasteiger partial charge in [-0.1, -0.05) is 54.6 Å². The molecule has 1 atom stereocenters. The van der Waals surface area contributed by atoms with Crippen LogP contribution in [-0.4, -0.2) is 15.1 Å². The maximum absolute atomic E-state index is 11.2. The molecule has 0 bridgehead atoms. The summed E-state index contributed by atoms with van der Waals surface area (Å²) in [5.74, 6) is 2.32. The second kappa shape index (κ2) is 9.01. The first-order valence-electron chi connectivity index (χ1n) is 10.8. The molecular weight excluding hydrogens is 410 g/mol. The van der Waals surface area contributed by atoms with E-state index >= 15 is 0 Å². The molecule has 0 saturated carbocycles. The van der Waals surface area contributed by atoms with E-state index in [1.54, 1.807) is 6.20 Å². The van der Waals surface area contributed by atoms with E-state index in [0.29, 0.717) is 22.6 Å². The molecule has 5 heteroatoms. The lowest BCUT2D eigenvalue weighted by atomic mass is 9.96. The van der Waals surface area contributed by atoms with Crippen molar-refractivity contribution in [2.45, 2.75) is 13.0 Å². The molecule has 0 saturated heterocycles. The van der Waals surface area contributed by atoms with Crippen molar-refractivity contribution in [1.82, 2.24) is 9.97 Å². The summed E-state index contributed by atoms with van der Waals surface area (Å²) in [5, 5.41) is 15.6. The molecule has 0 fully saturated rings. The minimum atomic E-state index is -0.370. The number of hydrogen-bond donors (Lipinski definition) is 2. The number of phenolic OH excluding ortho intramolecular Hbond substituents is 1. The largest absolute Gasteiger partial charge is 0.505 e. The maximum atomic E-state index is 11.2. The van der Waals surface area contributed by atoms with Crippen LogP contribution in [0.3, 0.4) is 0 Å². The number of anilines is 1. The molecule has 5 aromatic rings. The van der Waals surface area contributed by atoms with Crippen molar-refractivity contribution in [3.8, 4) is 17.2 Å². The van der Waals surface area contributed by atoms with Crippen LogP contribution in [0, 0.1) is 6.92 Å². The molecule has 0 spiro atoms. The van der Waals surface area contributed by atoms with Gasteiger partial charge in [-0.2, -0.15) is 0 Å². The fourth-order valence-corrected chi connectivity index (χ4v) is 3.84. The van der Waals surface area contributed by atoms with Gasteiger partial charge in [-0.15, -0.1) is 0 Å². The zero-order chi connectivity index (χ0) is 22.6. The Morgan fingerprint density at radius 1 is 0.818 bits per heavy atom. The third-order valence-electron chi connectivity index (χ3n) is 5.44. The highest BCUT2D eigenvalue weighted by Crippen LogP contribution is 2.37. The number of nitrogens with zero attached hydrogens (tertiary/aromatic N) is 2. The molecule has 33 heavy (non-hydrogen) atoms. The van der Waals surface area contributed by atoms with Gasteiger partial charge >= 0.3 is 0 Å². The minimum Gasteiger partial charge on any atom is -0.505 e. The number of fused-ring (bicyclic) bond motifs is 1. The summed E-state index contributed by atoms with van der Waals surface area (Å²) in [6, 6.07) is 30.6. The summed E-state index contributed by atoms with van der Waals surface area (Å²) in [5.41, 5.74) is 3.07. The van der Waals surface area contributed by atoms with Crippen molar-refractivity contribution in [3.63, 3.8) is 0 Å². The summed E-state index contributed by atoms with van der Waals surface area (Å²) in [6.45, 7) is 1.92. The number of nitrogens with one attached hydrogen (secondary N) is 1. The molecule has 2 N–H and O–H groups in total. The Bertz CT molecular complexity index is 1390. The average molecular weight is 434 g/mol. The zero-order valence-corrected chi connectivity index (χ0v) is 18.1. The zero-order valence-electron chi connectivity index (χ0n) is 18.1. The van der Waals surface area contributed by atoms with E-state index < -0.39 is 0 Å². The van der Waals surface area contributed by atoms with Crippen LogP contribution in [0.2, 0.25) is 0 Å². The van der Waals surface area contributed by atoms with Gasteiger partial charge in [0.1, 0.15) is 28.6 Å². The van der Waals surface area contributed by atoms with Gasteiger partial charge in [-0.3, -0.25) is 0 Å². The second-order valence-corrected chi connectivity index (χ2v) is 7.81. The third kappa shape index (κ3) is 4.48. The van der Waals surface area contributed by atoms with Gasteiger partial charge < -0.3 is 15.2 Å². The lowest BCUT2D eigenvalue weighted by molar-refractivity contribution is 0.470. The SMILES string of the molecule is Cc1ccc2ccc([C@H](Nc3ccccn3)c3cccc(Oc4ccccc4)c3)c(O)c2n1. The first kappa shape index (κ1) is 20.5. The molecule has 0 radical (unpaired) electrons. The first-order valence-corrected chi connectivity index (χ1v) is 10.8. The van der Waals surface area contributed by atoms with Gasteiger partial charge in [0.05, 0.1) is 6.04 Å². The number of para-hydroxylation sites is 1. The molecule has 0 aliphatic heterocycles. The second-order valence-electron chi connectivity index (χ2n) is 7.81. The highest BCUT2D eigenvalue weighted by molar-refractivity contribution is 5.86. The summed E-state index contributed by atoms with van der Waals surface area (Å²) in [4.78, 5) is 9.00. The smallest absolute Gasteiger partial charge is 0.147 e. The Labute approximate surface area is 192 Å². The molecule has 2 aromatic heterocycles. The highest BCUT2D eigenvalue weighted by Gasteiger charge is 2.21. The lowest BCUT2D eigenvalue weighted by Gasteiger charge is -2.22. The number of hydrogen-bond acceptors (Lipinski definition) is 5. The lowest BCUT2D eigenvalue weighted by Crippen LogP contribution is -2.14. The van der Waals surface area contributed by atoms with Crippen LogP contribution < -0.4 is 10.1 Å². The minimum absolute atomic E-state index is 0.152. The van der Waals surface area contributed by atoms with Gasteiger partial charge in [-0.05, 0) is 55.0 Å². The molecule has 5 nitrogen and oxygen atoms in total. The van der Waals surface area contributed by atoms with Gasteiger partial charge in [0.25, 0.3) is 0 Å². The average Bonchev–Trinajstić information content (AvgIpc) is 2.85. The van der Waals surface area contributed by atoms with Crippen molar-refractivity contribution < 1.29 is 9.84 Å². The van der Waals surface area contributed by atoms with E-state index in [-0.39, 0.29) is 11.8 Å². The quantitative estimate of drug-likeness (QED) is 0.314. The number of aryl methyl sites for hydroxylation is 1. The molecule has 0 aliphatic carbocycles. The van der Waals surface area contributed by atoms with E-state index in [1.807, 2.05) is 104 Å². The van der Waals surface area contributed by atoms with E-state index in [1.165, 1.54) is 0 Å². The van der Waals surface area contributed by atoms with Crippen LogP contribution in [-0.2, 0) is 0 Å². The van der Waals surface area contributed by atoms with E-state index in [2.05, 4.69) is 15.3 Å². The van der Waals surface area contributed by atoms with Gasteiger partial charge in [-0.25, -0.2) is 9.97 Å².